The first kappa shape index (κ1) is 21.0. The zero-order valence-corrected chi connectivity index (χ0v) is 16.1. The Hall–Kier alpha value is -3.75. The average molecular weight is 413 g/mol. The van der Waals surface area contributed by atoms with Crippen molar-refractivity contribution in [2.75, 3.05) is 16.8 Å². The number of nitrogens with one attached hydrogen (secondary N) is 1. The number of hydrogen-bond acceptors (Lipinski definition) is 5. The molecule has 1 aliphatic rings. The molecular weight excluding hydrogens is 393 g/mol. The van der Waals surface area contributed by atoms with Crippen molar-refractivity contribution >= 4 is 35.1 Å². The molecule has 156 valence electrons. The molecule has 1 saturated heterocycles. The quantitative estimate of drug-likeness (QED) is 0.701. The van der Waals surface area contributed by atoms with Gasteiger partial charge in [0.1, 0.15) is 5.82 Å². The zero-order chi connectivity index (χ0) is 21.8. The lowest BCUT2D eigenvalue weighted by Gasteiger charge is -2.18. The van der Waals surface area contributed by atoms with Gasteiger partial charge in [-0.1, -0.05) is 12.1 Å². The van der Waals surface area contributed by atoms with Crippen molar-refractivity contribution < 1.29 is 28.3 Å². The van der Waals surface area contributed by atoms with Crippen LogP contribution in [0.3, 0.4) is 0 Å². The van der Waals surface area contributed by atoms with Crippen LogP contribution in [0.25, 0.3) is 0 Å². The SMILES string of the molecule is C[C@H](OC(=O)[C@H]1CC(=O)N(c2ccccc2F)C1)C(=O)Nc1ccc(C(N)=O)cc1. The number of nitrogens with zero attached hydrogens (tertiary/aromatic N) is 1. The number of anilines is 2. The van der Waals surface area contributed by atoms with Crippen LogP contribution < -0.4 is 16.0 Å². The Balaban J connectivity index is 1.57. The second-order valence-corrected chi connectivity index (χ2v) is 6.87. The Bertz CT molecular complexity index is 992. The molecule has 2 aromatic carbocycles. The lowest BCUT2D eigenvalue weighted by atomic mass is 10.1. The van der Waals surface area contributed by atoms with Crippen molar-refractivity contribution in [3.63, 3.8) is 0 Å². The van der Waals surface area contributed by atoms with Gasteiger partial charge in [-0.2, -0.15) is 0 Å². The molecule has 0 aromatic heterocycles. The molecular formula is C21H20FN3O5. The maximum absolute atomic E-state index is 13.9. The molecule has 3 rings (SSSR count). The van der Waals surface area contributed by atoms with Crippen LogP contribution >= 0.6 is 0 Å². The van der Waals surface area contributed by atoms with E-state index >= 15 is 0 Å². The summed E-state index contributed by atoms with van der Waals surface area (Å²) in [5, 5.41) is 2.56. The van der Waals surface area contributed by atoms with Gasteiger partial charge in [0.2, 0.25) is 11.8 Å². The summed E-state index contributed by atoms with van der Waals surface area (Å²) in [4.78, 5) is 49.2. The number of carbonyl (C=O) groups excluding carboxylic acids is 4. The predicted octanol–water partition coefficient (Wildman–Crippen LogP) is 1.85. The Morgan fingerprint density at radius 3 is 2.47 bits per heavy atom. The summed E-state index contributed by atoms with van der Waals surface area (Å²) in [6.45, 7) is 1.37. The molecule has 2 atom stereocenters. The molecule has 1 heterocycles. The van der Waals surface area contributed by atoms with E-state index in [0.717, 1.165) is 0 Å². The Kier molecular flexibility index (Phi) is 6.10. The minimum absolute atomic E-state index is 0.0263. The Morgan fingerprint density at radius 1 is 1.17 bits per heavy atom. The van der Waals surface area contributed by atoms with E-state index in [0.29, 0.717) is 5.69 Å². The van der Waals surface area contributed by atoms with Gasteiger partial charge < -0.3 is 20.7 Å². The van der Waals surface area contributed by atoms with Crippen LogP contribution in [0.2, 0.25) is 0 Å². The number of nitrogens with two attached hydrogens (primary N) is 1. The number of benzene rings is 2. The molecule has 0 saturated carbocycles. The summed E-state index contributed by atoms with van der Waals surface area (Å²) in [7, 11) is 0. The maximum atomic E-state index is 13.9. The minimum Gasteiger partial charge on any atom is -0.452 e. The maximum Gasteiger partial charge on any atom is 0.312 e. The highest BCUT2D eigenvalue weighted by Crippen LogP contribution is 2.28. The normalized spacial score (nSPS) is 16.8. The molecule has 9 heteroatoms. The fourth-order valence-corrected chi connectivity index (χ4v) is 3.05. The first-order valence-electron chi connectivity index (χ1n) is 9.22. The Morgan fingerprint density at radius 2 is 1.83 bits per heavy atom. The first-order chi connectivity index (χ1) is 14.3. The van der Waals surface area contributed by atoms with Gasteiger partial charge in [-0.25, -0.2) is 4.39 Å². The fraction of sp³-hybridized carbons (Fsp3) is 0.238. The monoisotopic (exact) mass is 413 g/mol. The third-order valence-corrected chi connectivity index (χ3v) is 4.70. The second-order valence-electron chi connectivity index (χ2n) is 6.87. The van der Waals surface area contributed by atoms with Gasteiger partial charge in [0.15, 0.2) is 6.10 Å². The number of para-hydroxylation sites is 1. The molecule has 3 N–H and O–H groups in total. The first-order valence-corrected chi connectivity index (χ1v) is 9.22. The molecule has 8 nitrogen and oxygen atoms in total. The van der Waals surface area contributed by atoms with Gasteiger partial charge in [-0.15, -0.1) is 0 Å². The summed E-state index contributed by atoms with van der Waals surface area (Å²) in [6, 6.07) is 11.7. The van der Waals surface area contributed by atoms with E-state index in [-0.39, 0.29) is 24.2 Å². The summed E-state index contributed by atoms with van der Waals surface area (Å²) < 4.78 is 19.1. The number of amides is 3. The smallest absolute Gasteiger partial charge is 0.312 e. The van der Waals surface area contributed by atoms with Gasteiger partial charge in [-0.3, -0.25) is 19.2 Å². The standard InChI is InChI=1S/C21H20FN3O5/c1-12(20(28)24-15-8-6-13(7-9-15)19(23)27)30-21(29)14-10-18(26)25(11-14)17-5-3-2-4-16(17)22/h2-9,12,14H,10-11H2,1H3,(H2,23,27)(H,24,28)/t12-,14-/m0/s1. The van der Waals surface area contributed by atoms with Gasteiger partial charge in [0, 0.05) is 24.2 Å². The molecule has 3 amide bonds. The number of halogens is 1. The predicted molar refractivity (Wildman–Crippen MR) is 106 cm³/mol. The van der Waals surface area contributed by atoms with Crippen molar-refractivity contribution in [3.8, 4) is 0 Å². The van der Waals surface area contributed by atoms with Crippen LogP contribution in [-0.4, -0.2) is 36.3 Å². The van der Waals surface area contributed by atoms with Crippen molar-refractivity contribution in [2.24, 2.45) is 11.7 Å². The molecule has 1 fully saturated rings. The van der Waals surface area contributed by atoms with E-state index in [4.69, 9.17) is 10.5 Å². The fourth-order valence-electron chi connectivity index (χ4n) is 3.05. The molecule has 0 radical (unpaired) electrons. The number of carbonyl (C=O) groups is 4. The van der Waals surface area contributed by atoms with Crippen LogP contribution in [-0.2, 0) is 19.1 Å². The third kappa shape index (κ3) is 4.62. The number of ether oxygens (including phenoxy) is 1. The van der Waals surface area contributed by atoms with E-state index in [1.54, 1.807) is 6.07 Å². The number of esters is 1. The molecule has 0 spiro atoms. The van der Waals surface area contributed by atoms with E-state index in [1.165, 1.54) is 54.3 Å². The summed E-state index contributed by atoms with van der Waals surface area (Å²) in [5.74, 6) is -3.64. The lowest BCUT2D eigenvalue weighted by Crippen LogP contribution is -2.33. The van der Waals surface area contributed by atoms with Crippen molar-refractivity contribution in [3.05, 3.63) is 59.9 Å². The number of hydrogen-bond donors (Lipinski definition) is 2. The highest BCUT2D eigenvalue weighted by molar-refractivity contribution is 6.00. The van der Waals surface area contributed by atoms with Gasteiger partial charge in [-0.05, 0) is 43.3 Å². The van der Waals surface area contributed by atoms with Crippen molar-refractivity contribution in [1.29, 1.82) is 0 Å². The van der Waals surface area contributed by atoms with Crippen LogP contribution in [0.15, 0.2) is 48.5 Å². The topological polar surface area (TPSA) is 119 Å². The number of rotatable bonds is 6. The van der Waals surface area contributed by atoms with Crippen LogP contribution in [0.4, 0.5) is 15.8 Å². The summed E-state index contributed by atoms with van der Waals surface area (Å²) >= 11 is 0. The largest absolute Gasteiger partial charge is 0.452 e. The molecule has 1 aliphatic heterocycles. The van der Waals surface area contributed by atoms with E-state index < -0.39 is 41.5 Å². The molecule has 30 heavy (non-hydrogen) atoms. The van der Waals surface area contributed by atoms with E-state index in [1.807, 2.05) is 0 Å². The molecule has 0 aliphatic carbocycles. The highest BCUT2D eigenvalue weighted by Gasteiger charge is 2.38. The van der Waals surface area contributed by atoms with E-state index in [2.05, 4.69) is 5.32 Å². The Labute approximate surface area is 171 Å². The van der Waals surface area contributed by atoms with Crippen LogP contribution in [0.1, 0.15) is 23.7 Å². The second kappa shape index (κ2) is 8.73. The van der Waals surface area contributed by atoms with Crippen molar-refractivity contribution in [1.82, 2.24) is 0 Å². The minimum atomic E-state index is -1.12. The molecule has 2 aromatic rings. The third-order valence-electron chi connectivity index (χ3n) is 4.70. The summed E-state index contributed by atoms with van der Waals surface area (Å²) in [5.41, 5.74) is 5.95. The number of primary amides is 1. The van der Waals surface area contributed by atoms with E-state index in [9.17, 15) is 23.6 Å². The van der Waals surface area contributed by atoms with Gasteiger partial charge in [0.25, 0.3) is 5.91 Å². The lowest BCUT2D eigenvalue weighted by molar-refractivity contribution is -0.157. The van der Waals surface area contributed by atoms with Crippen LogP contribution in [0.5, 0.6) is 0 Å². The molecule has 0 unspecified atom stereocenters. The average Bonchev–Trinajstić information content (AvgIpc) is 3.10. The zero-order valence-electron chi connectivity index (χ0n) is 16.1. The molecule has 0 bridgehead atoms. The van der Waals surface area contributed by atoms with Gasteiger partial charge >= 0.3 is 5.97 Å². The highest BCUT2D eigenvalue weighted by atomic mass is 19.1. The van der Waals surface area contributed by atoms with Crippen LogP contribution in [0, 0.1) is 11.7 Å². The summed E-state index contributed by atoms with van der Waals surface area (Å²) in [6.07, 6.45) is -1.25. The van der Waals surface area contributed by atoms with Crippen molar-refractivity contribution in [2.45, 2.75) is 19.4 Å². The van der Waals surface area contributed by atoms with Gasteiger partial charge in [0.05, 0.1) is 11.6 Å².